The Kier molecular flexibility index (Phi) is 5.04. The van der Waals surface area contributed by atoms with Gasteiger partial charge in [0.25, 0.3) is 0 Å². The monoisotopic (exact) mass is 237 g/mol. The van der Waals surface area contributed by atoms with Crippen molar-refractivity contribution in [2.24, 2.45) is 0 Å². The Hall–Kier alpha value is -0.790. The Morgan fingerprint density at radius 3 is 2.69 bits per heavy atom. The Labute approximate surface area is 104 Å². The molecule has 0 amide bonds. The van der Waals surface area contributed by atoms with Crippen LogP contribution in [0.3, 0.4) is 0 Å². The Morgan fingerprint density at radius 1 is 1.50 bits per heavy atom. The van der Waals surface area contributed by atoms with Gasteiger partial charge in [-0.25, -0.2) is 0 Å². The van der Waals surface area contributed by atoms with Crippen LogP contribution in [-0.2, 0) is 0 Å². The quantitative estimate of drug-likeness (QED) is 0.755. The summed E-state index contributed by atoms with van der Waals surface area (Å²) in [4.78, 5) is 0. The van der Waals surface area contributed by atoms with Crippen LogP contribution >= 0.6 is 11.6 Å². The van der Waals surface area contributed by atoms with Gasteiger partial charge in [-0.05, 0) is 50.1 Å². The zero-order valence-corrected chi connectivity index (χ0v) is 11.1. The van der Waals surface area contributed by atoms with E-state index in [1.54, 1.807) is 0 Å². The van der Waals surface area contributed by atoms with Gasteiger partial charge in [-0.3, -0.25) is 0 Å². The van der Waals surface area contributed by atoms with Crippen LogP contribution in [0.25, 0.3) is 0 Å². The molecule has 88 valence electrons. The van der Waals surface area contributed by atoms with Crippen LogP contribution in [0.4, 0.5) is 0 Å². The van der Waals surface area contributed by atoms with E-state index in [4.69, 9.17) is 11.6 Å². The van der Waals surface area contributed by atoms with Gasteiger partial charge in [0.05, 0.1) is 6.04 Å². The van der Waals surface area contributed by atoms with Gasteiger partial charge in [0, 0.05) is 5.02 Å². The molecule has 0 saturated heterocycles. The normalized spacial score (nSPS) is 12.5. The highest BCUT2D eigenvalue weighted by Gasteiger charge is 2.13. The Morgan fingerprint density at radius 2 is 2.19 bits per heavy atom. The fraction of sp³-hybridized carbons (Fsp3) is 0.429. The van der Waals surface area contributed by atoms with Crippen LogP contribution in [0.2, 0.25) is 5.02 Å². The molecule has 0 bridgehead atoms. The minimum Gasteiger partial charge on any atom is -0.307 e. The molecule has 0 aromatic heterocycles. The van der Waals surface area contributed by atoms with Crippen molar-refractivity contribution < 1.29 is 0 Å². The van der Waals surface area contributed by atoms with Gasteiger partial charge in [0.1, 0.15) is 0 Å². The maximum atomic E-state index is 5.96. The molecule has 16 heavy (non-hydrogen) atoms. The van der Waals surface area contributed by atoms with Gasteiger partial charge >= 0.3 is 0 Å². The lowest BCUT2D eigenvalue weighted by Crippen LogP contribution is -2.23. The van der Waals surface area contributed by atoms with Crippen molar-refractivity contribution in [3.8, 4) is 0 Å². The van der Waals surface area contributed by atoms with E-state index >= 15 is 0 Å². The molecule has 0 aliphatic heterocycles. The largest absolute Gasteiger partial charge is 0.307 e. The lowest BCUT2D eigenvalue weighted by molar-refractivity contribution is 0.589. The van der Waals surface area contributed by atoms with Gasteiger partial charge in [-0.1, -0.05) is 36.7 Å². The number of benzene rings is 1. The van der Waals surface area contributed by atoms with Crippen molar-refractivity contribution in [2.75, 3.05) is 6.54 Å². The van der Waals surface area contributed by atoms with E-state index in [0.717, 1.165) is 23.6 Å². The number of nitrogens with one attached hydrogen (secondary N) is 1. The molecule has 0 saturated carbocycles. The minimum atomic E-state index is 0.234. The second-order valence-corrected chi connectivity index (χ2v) is 4.67. The van der Waals surface area contributed by atoms with Crippen molar-refractivity contribution >= 4 is 11.6 Å². The van der Waals surface area contributed by atoms with E-state index in [1.165, 1.54) is 11.1 Å². The van der Waals surface area contributed by atoms with E-state index in [0.29, 0.717) is 0 Å². The van der Waals surface area contributed by atoms with Crippen LogP contribution in [0, 0.1) is 6.92 Å². The second kappa shape index (κ2) is 6.07. The van der Waals surface area contributed by atoms with Crippen molar-refractivity contribution in [3.05, 3.63) is 46.5 Å². The maximum absolute atomic E-state index is 5.96. The highest BCUT2D eigenvalue weighted by atomic mass is 35.5. The minimum absolute atomic E-state index is 0.234. The molecular formula is C14H20ClN. The van der Waals surface area contributed by atoms with Crippen LogP contribution < -0.4 is 5.32 Å². The summed E-state index contributed by atoms with van der Waals surface area (Å²) in [5.41, 5.74) is 3.62. The summed E-state index contributed by atoms with van der Waals surface area (Å²) in [5.74, 6) is 0. The zero-order valence-electron chi connectivity index (χ0n) is 10.3. The maximum Gasteiger partial charge on any atom is 0.0533 e. The van der Waals surface area contributed by atoms with E-state index in [9.17, 15) is 0 Å². The molecule has 1 atom stereocenters. The molecule has 1 aromatic rings. The number of aryl methyl sites for hydroxylation is 1. The number of hydrogen-bond donors (Lipinski definition) is 1. The predicted molar refractivity (Wildman–Crippen MR) is 72.0 cm³/mol. The van der Waals surface area contributed by atoms with Gasteiger partial charge in [-0.2, -0.15) is 0 Å². The van der Waals surface area contributed by atoms with Gasteiger partial charge < -0.3 is 5.32 Å². The first-order valence-electron chi connectivity index (χ1n) is 5.71. The van der Waals surface area contributed by atoms with Crippen LogP contribution in [0.1, 0.15) is 37.4 Å². The van der Waals surface area contributed by atoms with E-state index in [1.807, 2.05) is 12.1 Å². The molecule has 1 unspecified atom stereocenters. The summed E-state index contributed by atoms with van der Waals surface area (Å²) in [6, 6.07) is 6.25. The molecule has 0 heterocycles. The van der Waals surface area contributed by atoms with Gasteiger partial charge in [0.2, 0.25) is 0 Å². The highest BCUT2D eigenvalue weighted by molar-refractivity contribution is 6.30. The second-order valence-electron chi connectivity index (χ2n) is 4.23. The summed E-state index contributed by atoms with van der Waals surface area (Å²) in [6.45, 7) is 11.4. The van der Waals surface area contributed by atoms with Crippen LogP contribution in [0.5, 0.6) is 0 Å². The third kappa shape index (κ3) is 3.36. The third-order valence-corrected chi connectivity index (χ3v) is 2.87. The number of rotatable bonds is 5. The molecule has 1 rings (SSSR count). The lowest BCUT2D eigenvalue weighted by Gasteiger charge is -2.21. The third-order valence-electron chi connectivity index (χ3n) is 2.63. The first kappa shape index (κ1) is 13.3. The average Bonchev–Trinajstić information content (AvgIpc) is 2.20. The Bertz CT molecular complexity index is 371. The van der Waals surface area contributed by atoms with Crippen LogP contribution in [-0.4, -0.2) is 6.54 Å². The summed E-state index contributed by atoms with van der Waals surface area (Å²) in [6.07, 6.45) is 1.12. The molecule has 0 aliphatic carbocycles. The van der Waals surface area contributed by atoms with E-state index < -0.39 is 0 Å². The predicted octanol–water partition coefficient (Wildman–Crippen LogP) is 4.27. The van der Waals surface area contributed by atoms with Gasteiger partial charge in [0.15, 0.2) is 0 Å². The average molecular weight is 238 g/mol. The molecular weight excluding hydrogens is 218 g/mol. The van der Waals surface area contributed by atoms with E-state index in [2.05, 4.69) is 38.7 Å². The first-order chi connectivity index (χ1) is 7.56. The molecule has 1 N–H and O–H groups in total. The fourth-order valence-electron chi connectivity index (χ4n) is 1.80. The topological polar surface area (TPSA) is 12.0 Å². The number of halogens is 1. The zero-order chi connectivity index (χ0) is 12.1. The Balaban J connectivity index is 2.96. The molecule has 0 fully saturated rings. The van der Waals surface area contributed by atoms with Crippen molar-refractivity contribution in [1.29, 1.82) is 0 Å². The SMILES string of the molecule is C=C(C)C(NCCC)c1ccc(Cl)cc1C. The summed E-state index contributed by atoms with van der Waals surface area (Å²) < 4.78 is 0. The summed E-state index contributed by atoms with van der Waals surface area (Å²) in [7, 11) is 0. The van der Waals surface area contributed by atoms with Crippen LogP contribution in [0.15, 0.2) is 30.4 Å². The highest BCUT2D eigenvalue weighted by Crippen LogP contribution is 2.25. The molecule has 1 nitrogen and oxygen atoms in total. The van der Waals surface area contributed by atoms with E-state index in [-0.39, 0.29) is 6.04 Å². The lowest BCUT2D eigenvalue weighted by atomic mass is 9.96. The van der Waals surface area contributed by atoms with Gasteiger partial charge in [-0.15, -0.1) is 0 Å². The molecule has 0 aliphatic rings. The standard InChI is InChI=1S/C14H20ClN/c1-5-8-16-14(10(2)3)13-7-6-12(15)9-11(13)4/h6-7,9,14,16H,2,5,8H2,1,3-4H3. The van der Waals surface area contributed by atoms with Crippen molar-refractivity contribution in [1.82, 2.24) is 5.32 Å². The fourth-order valence-corrected chi connectivity index (χ4v) is 2.03. The summed E-state index contributed by atoms with van der Waals surface area (Å²) >= 11 is 5.96. The molecule has 2 heteroatoms. The summed E-state index contributed by atoms with van der Waals surface area (Å²) in [5, 5.41) is 4.29. The van der Waals surface area contributed by atoms with Crippen molar-refractivity contribution in [2.45, 2.75) is 33.2 Å². The van der Waals surface area contributed by atoms with Crippen molar-refractivity contribution in [3.63, 3.8) is 0 Å². The molecule has 0 spiro atoms. The first-order valence-corrected chi connectivity index (χ1v) is 6.09. The molecule has 0 radical (unpaired) electrons. The number of hydrogen-bond acceptors (Lipinski definition) is 1. The molecule has 1 aromatic carbocycles. The smallest absolute Gasteiger partial charge is 0.0533 e.